The minimum absolute atomic E-state index is 0.218. The lowest BCUT2D eigenvalue weighted by Gasteiger charge is -2.08. The second kappa shape index (κ2) is 5.82. The van der Waals surface area contributed by atoms with E-state index in [0.29, 0.717) is 6.54 Å². The lowest BCUT2D eigenvalue weighted by Crippen LogP contribution is -2.28. The van der Waals surface area contributed by atoms with Crippen molar-refractivity contribution >= 4 is 11.7 Å². The van der Waals surface area contributed by atoms with Crippen molar-refractivity contribution in [1.82, 2.24) is 10.3 Å². The number of aromatic nitrogens is 1. The minimum Gasteiger partial charge on any atom is -0.334 e. The Balaban J connectivity index is 1.88. The van der Waals surface area contributed by atoms with E-state index in [4.69, 9.17) is 0 Å². The number of amides is 2. The minimum atomic E-state index is -0.218. The number of aryl methyl sites for hydroxylation is 1. The number of rotatable bonds is 3. The molecule has 4 nitrogen and oxygen atoms in total. The molecule has 0 aliphatic rings. The van der Waals surface area contributed by atoms with Crippen LogP contribution in [0.4, 0.5) is 10.5 Å². The Kier molecular flexibility index (Phi) is 3.91. The summed E-state index contributed by atoms with van der Waals surface area (Å²) < 4.78 is 0. The van der Waals surface area contributed by atoms with E-state index >= 15 is 0 Å². The van der Waals surface area contributed by atoms with Gasteiger partial charge < -0.3 is 10.6 Å². The molecular formula is C14H15N3O. The molecule has 1 aromatic heterocycles. The van der Waals surface area contributed by atoms with Crippen molar-refractivity contribution in [1.29, 1.82) is 0 Å². The van der Waals surface area contributed by atoms with E-state index in [1.54, 1.807) is 6.20 Å². The molecular weight excluding hydrogens is 226 g/mol. The second-order valence-electron chi connectivity index (χ2n) is 3.92. The van der Waals surface area contributed by atoms with Crippen molar-refractivity contribution in [3.8, 4) is 0 Å². The Morgan fingerprint density at radius 1 is 1.17 bits per heavy atom. The number of carbonyl (C=O) groups excluding carboxylic acids is 1. The van der Waals surface area contributed by atoms with Gasteiger partial charge in [-0.15, -0.1) is 0 Å². The maximum absolute atomic E-state index is 11.7. The van der Waals surface area contributed by atoms with E-state index in [1.807, 2.05) is 49.4 Å². The van der Waals surface area contributed by atoms with Crippen molar-refractivity contribution in [2.24, 2.45) is 0 Å². The Morgan fingerprint density at radius 2 is 1.94 bits per heavy atom. The summed E-state index contributed by atoms with van der Waals surface area (Å²) in [6, 6.07) is 12.9. The number of anilines is 1. The fraction of sp³-hybridized carbons (Fsp3) is 0.143. The zero-order valence-corrected chi connectivity index (χ0v) is 10.2. The average Bonchev–Trinajstić information content (AvgIpc) is 2.39. The maximum Gasteiger partial charge on any atom is 0.319 e. The largest absolute Gasteiger partial charge is 0.334 e. The van der Waals surface area contributed by atoms with Gasteiger partial charge >= 0.3 is 6.03 Å². The predicted octanol–water partition coefficient (Wildman–Crippen LogP) is 2.71. The highest BCUT2D eigenvalue weighted by atomic mass is 16.2. The van der Waals surface area contributed by atoms with E-state index in [1.165, 1.54) is 0 Å². The van der Waals surface area contributed by atoms with E-state index in [2.05, 4.69) is 15.6 Å². The number of nitrogens with zero attached hydrogens (tertiary/aromatic N) is 1. The molecule has 0 saturated carbocycles. The van der Waals surface area contributed by atoms with Crippen LogP contribution in [0, 0.1) is 6.92 Å². The fourth-order valence-corrected chi connectivity index (χ4v) is 1.58. The van der Waals surface area contributed by atoms with Crippen LogP contribution >= 0.6 is 0 Å². The summed E-state index contributed by atoms with van der Waals surface area (Å²) in [5.74, 6) is 0. The number of nitrogens with one attached hydrogen (secondary N) is 2. The van der Waals surface area contributed by atoms with Crippen LogP contribution in [0.15, 0.2) is 48.7 Å². The quantitative estimate of drug-likeness (QED) is 0.868. The van der Waals surface area contributed by atoms with Gasteiger partial charge in [-0.05, 0) is 30.7 Å². The summed E-state index contributed by atoms with van der Waals surface area (Å²) in [5, 5.41) is 5.56. The van der Waals surface area contributed by atoms with Crippen molar-refractivity contribution < 1.29 is 4.79 Å². The van der Waals surface area contributed by atoms with Crippen LogP contribution in [-0.2, 0) is 6.54 Å². The highest BCUT2D eigenvalue weighted by molar-refractivity contribution is 5.89. The number of benzene rings is 1. The molecule has 0 unspecified atom stereocenters. The van der Waals surface area contributed by atoms with Crippen molar-refractivity contribution in [2.45, 2.75) is 13.5 Å². The van der Waals surface area contributed by atoms with E-state index < -0.39 is 0 Å². The highest BCUT2D eigenvalue weighted by Gasteiger charge is 2.02. The van der Waals surface area contributed by atoms with Gasteiger partial charge in [0.15, 0.2) is 0 Å². The molecule has 0 bridgehead atoms. The smallest absolute Gasteiger partial charge is 0.319 e. The molecule has 2 N–H and O–H groups in total. The molecule has 0 saturated heterocycles. The fourth-order valence-electron chi connectivity index (χ4n) is 1.58. The molecule has 4 heteroatoms. The molecule has 18 heavy (non-hydrogen) atoms. The van der Waals surface area contributed by atoms with Gasteiger partial charge in [-0.3, -0.25) is 4.98 Å². The van der Waals surface area contributed by atoms with Crippen molar-refractivity contribution in [3.05, 3.63) is 59.9 Å². The van der Waals surface area contributed by atoms with Crippen LogP contribution in [0.1, 0.15) is 11.3 Å². The Bertz CT molecular complexity index is 526. The Morgan fingerprint density at radius 3 is 2.67 bits per heavy atom. The van der Waals surface area contributed by atoms with Crippen LogP contribution in [0.3, 0.4) is 0 Å². The van der Waals surface area contributed by atoms with Gasteiger partial charge in [0, 0.05) is 24.1 Å². The monoisotopic (exact) mass is 241 g/mol. The van der Waals surface area contributed by atoms with E-state index in [-0.39, 0.29) is 6.03 Å². The van der Waals surface area contributed by atoms with Gasteiger partial charge in [-0.25, -0.2) is 4.79 Å². The van der Waals surface area contributed by atoms with Crippen LogP contribution in [0.25, 0.3) is 0 Å². The molecule has 92 valence electrons. The van der Waals surface area contributed by atoms with Gasteiger partial charge in [0.2, 0.25) is 0 Å². The average molecular weight is 241 g/mol. The normalized spacial score (nSPS) is 9.83. The van der Waals surface area contributed by atoms with Gasteiger partial charge in [-0.2, -0.15) is 0 Å². The highest BCUT2D eigenvalue weighted by Crippen LogP contribution is 2.05. The van der Waals surface area contributed by atoms with Crippen LogP contribution < -0.4 is 10.6 Å². The number of urea groups is 1. The number of para-hydroxylation sites is 1. The number of hydrogen-bond acceptors (Lipinski definition) is 2. The lowest BCUT2D eigenvalue weighted by molar-refractivity contribution is 0.251. The summed E-state index contributed by atoms with van der Waals surface area (Å²) in [4.78, 5) is 15.8. The predicted molar refractivity (Wildman–Crippen MR) is 71.3 cm³/mol. The topological polar surface area (TPSA) is 54.0 Å². The summed E-state index contributed by atoms with van der Waals surface area (Å²) in [6.07, 6.45) is 1.74. The standard InChI is InChI=1S/C14H15N3O/c1-11-12(6-5-9-15-11)10-16-14(18)17-13-7-3-2-4-8-13/h2-9H,10H2,1H3,(H2,16,17,18). The maximum atomic E-state index is 11.7. The summed E-state index contributed by atoms with van der Waals surface area (Å²) in [6.45, 7) is 2.39. The third-order valence-corrected chi connectivity index (χ3v) is 2.59. The first-order chi connectivity index (χ1) is 8.75. The van der Waals surface area contributed by atoms with Crippen molar-refractivity contribution in [2.75, 3.05) is 5.32 Å². The first kappa shape index (κ1) is 12.1. The van der Waals surface area contributed by atoms with Gasteiger partial charge in [0.25, 0.3) is 0 Å². The zero-order chi connectivity index (χ0) is 12.8. The van der Waals surface area contributed by atoms with Crippen molar-refractivity contribution in [3.63, 3.8) is 0 Å². The molecule has 1 heterocycles. The molecule has 0 aliphatic carbocycles. The third kappa shape index (κ3) is 3.31. The lowest BCUT2D eigenvalue weighted by atomic mass is 10.2. The molecule has 0 atom stereocenters. The first-order valence-corrected chi connectivity index (χ1v) is 5.76. The number of hydrogen-bond donors (Lipinski definition) is 2. The third-order valence-electron chi connectivity index (χ3n) is 2.59. The van der Waals surface area contributed by atoms with Crippen LogP contribution in [0.5, 0.6) is 0 Å². The summed E-state index contributed by atoms with van der Waals surface area (Å²) in [7, 11) is 0. The Labute approximate surface area is 106 Å². The molecule has 2 rings (SSSR count). The molecule has 2 aromatic rings. The molecule has 0 radical (unpaired) electrons. The molecule has 0 aliphatic heterocycles. The second-order valence-corrected chi connectivity index (χ2v) is 3.92. The van der Waals surface area contributed by atoms with Crippen LogP contribution in [0.2, 0.25) is 0 Å². The van der Waals surface area contributed by atoms with E-state index in [0.717, 1.165) is 16.9 Å². The van der Waals surface area contributed by atoms with Gasteiger partial charge in [0.05, 0.1) is 0 Å². The zero-order valence-electron chi connectivity index (χ0n) is 10.2. The SMILES string of the molecule is Cc1ncccc1CNC(=O)Nc1ccccc1. The van der Waals surface area contributed by atoms with Gasteiger partial charge in [-0.1, -0.05) is 24.3 Å². The van der Waals surface area contributed by atoms with E-state index in [9.17, 15) is 4.79 Å². The summed E-state index contributed by atoms with van der Waals surface area (Å²) >= 11 is 0. The summed E-state index contributed by atoms with van der Waals surface area (Å²) in [5.41, 5.74) is 2.72. The number of carbonyl (C=O) groups is 1. The van der Waals surface area contributed by atoms with Crippen LogP contribution in [-0.4, -0.2) is 11.0 Å². The Hall–Kier alpha value is -2.36. The first-order valence-electron chi connectivity index (χ1n) is 5.76. The number of pyridine rings is 1. The molecule has 1 aromatic carbocycles. The van der Waals surface area contributed by atoms with Gasteiger partial charge in [0.1, 0.15) is 0 Å². The molecule has 0 spiro atoms. The molecule has 0 fully saturated rings. The molecule has 2 amide bonds.